The Morgan fingerprint density at radius 2 is 1.50 bits per heavy atom. The molecule has 0 aromatic heterocycles. The SMILES string of the molecule is CCCC/C=C/C/C=C/C=C=C=C/C=C/CCCCCCC(=O)O. The molecule has 0 saturated heterocycles. The summed E-state index contributed by atoms with van der Waals surface area (Å²) in [5.74, 6) is -0.696. The fourth-order valence-corrected chi connectivity index (χ4v) is 2.01. The number of aliphatic carboxylic acids is 1. The van der Waals surface area contributed by atoms with E-state index in [1.807, 2.05) is 24.3 Å². The van der Waals surface area contributed by atoms with Crippen LogP contribution in [0, 0.1) is 0 Å². The minimum atomic E-state index is -0.696. The molecule has 1 N–H and O–H groups in total. The van der Waals surface area contributed by atoms with E-state index in [1.54, 1.807) is 0 Å². The van der Waals surface area contributed by atoms with Crippen LogP contribution in [0.15, 0.2) is 60.1 Å². The van der Waals surface area contributed by atoms with Crippen LogP contribution in [0.4, 0.5) is 0 Å². The van der Waals surface area contributed by atoms with Crippen molar-refractivity contribution in [2.45, 2.75) is 71.1 Å². The van der Waals surface area contributed by atoms with Crippen molar-refractivity contribution in [3.8, 4) is 0 Å². The molecule has 0 radical (unpaired) electrons. The molecule has 132 valence electrons. The van der Waals surface area contributed by atoms with Gasteiger partial charge in [0.05, 0.1) is 0 Å². The van der Waals surface area contributed by atoms with Crippen LogP contribution in [0.3, 0.4) is 0 Å². The number of allylic oxidation sites excluding steroid dienone is 8. The van der Waals surface area contributed by atoms with E-state index in [0.29, 0.717) is 6.42 Å². The Bertz CT molecular complexity index is 482. The first kappa shape index (κ1) is 22.0. The zero-order chi connectivity index (χ0) is 17.7. The third kappa shape index (κ3) is 20.0. The van der Waals surface area contributed by atoms with E-state index in [2.05, 4.69) is 42.7 Å². The van der Waals surface area contributed by atoms with Crippen LogP contribution in [0.5, 0.6) is 0 Å². The molecule has 2 nitrogen and oxygen atoms in total. The number of carboxylic acid groups (broad SMARTS) is 1. The van der Waals surface area contributed by atoms with Crippen LogP contribution in [0.1, 0.15) is 71.1 Å². The van der Waals surface area contributed by atoms with E-state index in [0.717, 1.165) is 38.5 Å². The molecule has 0 saturated carbocycles. The largest absolute Gasteiger partial charge is 0.481 e. The quantitative estimate of drug-likeness (QED) is 0.170. The summed E-state index contributed by atoms with van der Waals surface area (Å²) < 4.78 is 0. The first-order chi connectivity index (χ1) is 11.8. The maximum absolute atomic E-state index is 10.3. The highest BCUT2D eigenvalue weighted by molar-refractivity contribution is 5.66. The number of hydrogen-bond donors (Lipinski definition) is 1. The van der Waals surface area contributed by atoms with Gasteiger partial charge in [-0.25, -0.2) is 0 Å². The van der Waals surface area contributed by atoms with Gasteiger partial charge in [-0.2, -0.15) is 0 Å². The molecule has 0 aliphatic carbocycles. The molecule has 0 fully saturated rings. The highest BCUT2D eigenvalue weighted by Crippen LogP contribution is 2.05. The van der Waals surface area contributed by atoms with Crippen molar-refractivity contribution in [1.82, 2.24) is 0 Å². The highest BCUT2D eigenvalue weighted by atomic mass is 16.4. The number of carboxylic acids is 1. The maximum atomic E-state index is 10.3. The van der Waals surface area contributed by atoms with Gasteiger partial charge in [0.1, 0.15) is 0 Å². The van der Waals surface area contributed by atoms with Crippen LogP contribution in [0.25, 0.3) is 0 Å². The van der Waals surface area contributed by atoms with Crippen molar-refractivity contribution in [3.05, 3.63) is 60.1 Å². The summed E-state index contributed by atoms with van der Waals surface area (Å²) in [6.45, 7) is 2.21. The number of rotatable bonds is 14. The molecule has 0 amide bonds. The molecule has 0 spiro atoms. The van der Waals surface area contributed by atoms with Crippen molar-refractivity contribution in [2.75, 3.05) is 0 Å². The van der Waals surface area contributed by atoms with Gasteiger partial charge in [0.25, 0.3) is 0 Å². The van der Waals surface area contributed by atoms with Crippen LogP contribution >= 0.6 is 0 Å². The van der Waals surface area contributed by atoms with Gasteiger partial charge < -0.3 is 5.11 Å². The van der Waals surface area contributed by atoms with Crippen LogP contribution < -0.4 is 0 Å². The standard InChI is InChI=1S/C22H32O2/c1-2-3-4-5-6-7-8-9-10-11-12-13-14-15-16-17-18-19-20-21-22(23)24/h5-6,8-10,13-15H,2-4,7,16-21H2,1H3,(H,23,24)/b6-5+,9-8+,13-10?,15-14+. The molecule has 2 heteroatoms. The zero-order valence-electron chi connectivity index (χ0n) is 15.0. The Morgan fingerprint density at radius 1 is 0.833 bits per heavy atom. The van der Waals surface area contributed by atoms with E-state index in [-0.39, 0.29) is 0 Å². The summed E-state index contributed by atoms with van der Waals surface area (Å²) in [4.78, 5) is 10.3. The molecular weight excluding hydrogens is 296 g/mol. The van der Waals surface area contributed by atoms with Crippen molar-refractivity contribution in [1.29, 1.82) is 0 Å². The Kier molecular flexibility index (Phi) is 17.4. The lowest BCUT2D eigenvalue weighted by Gasteiger charge is -1.96. The molecule has 0 aromatic rings. The maximum Gasteiger partial charge on any atom is 0.303 e. The van der Waals surface area contributed by atoms with Crippen molar-refractivity contribution in [3.63, 3.8) is 0 Å². The van der Waals surface area contributed by atoms with Gasteiger partial charge in [-0.15, -0.1) is 0 Å². The van der Waals surface area contributed by atoms with E-state index in [1.165, 1.54) is 19.3 Å². The molecule has 0 unspecified atom stereocenters. The molecule has 0 bridgehead atoms. The van der Waals surface area contributed by atoms with Gasteiger partial charge in [0.15, 0.2) is 0 Å². The zero-order valence-corrected chi connectivity index (χ0v) is 15.0. The second kappa shape index (κ2) is 19.0. The Labute approximate surface area is 147 Å². The lowest BCUT2D eigenvalue weighted by atomic mass is 10.1. The number of carbonyl (C=O) groups is 1. The summed E-state index contributed by atoms with van der Waals surface area (Å²) in [6.07, 6.45) is 26.3. The summed E-state index contributed by atoms with van der Waals surface area (Å²) in [5, 5.41) is 8.52. The van der Waals surface area contributed by atoms with Crippen molar-refractivity contribution in [2.24, 2.45) is 0 Å². The van der Waals surface area contributed by atoms with E-state index in [9.17, 15) is 4.79 Å². The fourth-order valence-electron chi connectivity index (χ4n) is 2.01. The van der Waals surface area contributed by atoms with Crippen molar-refractivity contribution >= 4 is 5.97 Å². The second-order valence-electron chi connectivity index (χ2n) is 5.67. The van der Waals surface area contributed by atoms with Crippen LogP contribution in [-0.2, 0) is 4.79 Å². The average molecular weight is 328 g/mol. The molecule has 24 heavy (non-hydrogen) atoms. The Morgan fingerprint density at radius 3 is 2.21 bits per heavy atom. The number of hydrogen-bond acceptors (Lipinski definition) is 1. The predicted molar refractivity (Wildman–Crippen MR) is 103 cm³/mol. The lowest BCUT2D eigenvalue weighted by Crippen LogP contribution is -1.93. The summed E-state index contributed by atoms with van der Waals surface area (Å²) >= 11 is 0. The number of unbranched alkanes of at least 4 members (excludes halogenated alkanes) is 6. The van der Waals surface area contributed by atoms with Crippen LogP contribution in [0.2, 0.25) is 0 Å². The molecular formula is C22H32O2. The molecule has 0 aromatic carbocycles. The van der Waals surface area contributed by atoms with Gasteiger partial charge >= 0.3 is 5.97 Å². The van der Waals surface area contributed by atoms with Crippen LogP contribution in [-0.4, -0.2) is 11.1 Å². The first-order valence-electron chi connectivity index (χ1n) is 9.12. The van der Waals surface area contributed by atoms with Gasteiger partial charge in [-0.05, 0) is 44.3 Å². The monoisotopic (exact) mass is 328 g/mol. The normalized spacial score (nSPS) is 11.0. The topological polar surface area (TPSA) is 37.3 Å². The van der Waals surface area contributed by atoms with Gasteiger partial charge in [0.2, 0.25) is 0 Å². The average Bonchev–Trinajstić information content (AvgIpc) is 2.56. The van der Waals surface area contributed by atoms with E-state index < -0.39 is 5.97 Å². The fraction of sp³-hybridized carbons (Fsp3) is 0.500. The lowest BCUT2D eigenvalue weighted by molar-refractivity contribution is -0.137. The molecule has 0 heterocycles. The molecule has 0 rings (SSSR count). The Hall–Kier alpha value is -2.01. The summed E-state index contributed by atoms with van der Waals surface area (Å²) in [6, 6.07) is 0. The summed E-state index contributed by atoms with van der Waals surface area (Å²) in [5.41, 5.74) is 5.95. The molecule has 0 atom stereocenters. The van der Waals surface area contributed by atoms with E-state index in [4.69, 9.17) is 5.11 Å². The van der Waals surface area contributed by atoms with Gasteiger partial charge in [-0.1, -0.05) is 80.5 Å². The van der Waals surface area contributed by atoms with Gasteiger partial charge in [-0.3, -0.25) is 4.79 Å². The smallest absolute Gasteiger partial charge is 0.303 e. The molecule has 0 aliphatic heterocycles. The Balaban J connectivity index is 3.64. The summed E-state index contributed by atoms with van der Waals surface area (Å²) in [7, 11) is 0. The minimum absolute atomic E-state index is 0.291. The van der Waals surface area contributed by atoms with E-state index >= 15 is 0 Å². The second-order valence-corrected chi connectivity index (χ2v) is 5.67. The highest BCUT2D eigenvalue weighted by Gasteiger charge is 1.95. The molecule has 0 aliphatic rings. The predicted octanol–water partition coefficient (Wildman–Crippen LogP) is 6.53. The first-order valence-corrected chi connectivity index (χ1v) is 9.12. The third-order valence-electron chi connectivity index (χ3n) is 3.39. The van der Waals surface area contributed by atoms with Gasteiger partial charge in [0, 0.05) is 6.42 Å². The third-order valence-corrected chi connectivity index (χ3v) is 3.39. The van der Waals surface area contributed by atoms with Crippen molar-refractivity contribution < 1.29 is 9.90 Å². The minimum Gasteiger partial charge on any atom is -0.481 e.